The van der Waals surface area contributed by atoms with Gasteiger partial charge in [0.25, 0.3) is 0 Å². The Morgan fingerprint density at radius 2 is 1.60 bits per heavy atom. The Bertz CT molecular complexity index is 1320. The monoisotopic (exact) mass is 488 g/mol. The molecule has 1 fully saturated rings. The van der Waals surface area contributed by atoms with Gasteiger partial charge in [0.2, 0.25) is 0 Å². The van der Waals surface area contributed by atoms with Crippen molar-refractivity contribution < 1.29 is 19.7 Å². The van der Waals surface area contributed by atoms with Gasteiger partial charge in [-0.2, -0.15) is 0 Å². The number of nitrogens with zero attached hydrogens (tertiary/aromatic N) is 2. The first-order chi connectivity index (χ1) is 17.0. The van der Waals surface area contributed by atoms with Crippen LogP contribution in [0.15, 0.2) is 66.7 Å². The lowest BCUT2D eigenvalue weighted by Gasteiger charge is -2.32. The van der Waals surface area contributed by atoms with Crippen molar-refractivity contribution in [3.63, 3.8) is 0 Å². The molecule has 2 heterocycles. The average Bonchev–Trinajstić information content (AvgIpc) is 3.24. The van der Waals surface area contributed by atoms with Crippen LogP contribution in [0.3, 0.4) is 0 Å². The Balaban J connectivity index is 1.36. The highest BCUT2D eigenvalue weighted by molar-refractivity contribution is 7.22. The molecule has 0 saturated carbocycles. The van der Waals surface area contributed by atoms with Crippen molar-refractivity contribution >= 4 is 27.2 Å². The fourth-order valence-corrected chi connectivity index (χ4v) is 5.58. The van der Waals surface area contributed by atoms with Crippen LogP contribution in [0.2, 0.25) is 0 Å². The van der Waals surface area contributed by atoms with Crippen LogP contribution in [0.25, 0.3) is 20.5 Å². The molecule has 6 nitrogen and oxygen atoms in total. The number of ketones is 1. The van der Waals surface area contributed by atoms with Gasteiger partial charge in [-0.25, -0.2) is 0 Å². The molecular weight excluding hydrogens is 460 g/mol. The Morgan fingerprint density at radius 3 is 2.31 bits per heavy atom. The third-order valence-corrected chi connectivity index (χ3v) is 7.62. The average molecular weight is 489 g/mol. The molecule has 0 aliphatic carbocycles. The smallest absolute Gasteiger partial charge is 0.195 e. The number of hydrogen-bond donors (Lipinski definition) is 2. The maximum atomic E-state index is 13.7. The van der Waals surface area contributed by atoms with Crippen molar-refractivity contribution in [1.82, 2.24) is 9.80 Å². The van der Waals surface area contributed by atoms with Crippen LogP contribution in [0.5, 0.6) is 17.2 Å². The molecule has 5 rings (SSSR count). The van der Waals surface area contributed by atoms with Gasteiger partial charge in [0.05, 0.1) is 0 Å². The molecule has 0 atom stereocenters. The van der Waals surface area contributed by atoms with Crippen LogP contribution in [0.4, 0.5) is 0 Å². The molecule has 35 heavy (non-hydrogen) atoms. The maximum absolute atomic E-state index is 13.7. The Kier molecular flexibility index (Phi) is 6.72. The SMILES string of the molecule is CN1CCN(CCOc2ccc(C(=O)c3c(-c4ccc(O)cc4)sc4cc(O)ccc34)cc2)CC1. The van der Waals surface area contributed by atoms with Crippen LogP contribution < -0.4 is 4.74 Å². The third-order valence-electron chi connectivity index (χ3n) is 6.42. The zero-order valence-electron chi connectivity index (χ0n) is 19.6. The number of likely N-dealkylation sites (N-methyl/N-ethyl adjacent to an activating group) is 1. The molecule has 0 amide bonds. The summed E-state index contributed by atoms with van der Waals surface area (Å²) in [5, 5.41) is 20.5. The molecule has 0 bridgehead atoms. The third kappa shape index (κ3) is 5.17. The van der Waals surface area contributed by atoms with Crippen molar-refractivity contribution in [1.29, 1.82) is 0 Å². The molecule has 3 aromatic carbocycles. The molecule has 0 radical (unpaired) electrons. The highest BCUT2D eigenvalue weighted by Gasteiger charge is 2.22. The van der Waals surface area contributed by atoms with Crippen molar-refractivity contribution in [3.05, 3.63) is 77.9 Å². The summed E-state index contributed by atoms with van der Waals surface area (Å²) < 4.78 is 6.77. The number of carbonyl (C=O) groups excluding carboxylic acids is 1. The van der Waals surface area contributed by atoms with E-state index in [1.54, 1.807) is 54.6 Å². The van der Waals surface area contributed by atoms with Gasteiger partial charge in [0.1, 0.15) is 23.9 Å². The number of phenols is 2. The number of thiophene rings is 1. The minimum Gasteiger partial charge on any atom is -0.508 e. The van der Waals surface area contributed by atoms with Crippen LogP contribution in [0.1, 0.15) is 15.9 Å². The second-order valence-electron chi connectivity index (χ2n) is 8.88. The van der Waals surface area contributed by atoms with Crippen molar-refractivity contribution in [2.75, 3.05) is 46.4 Å². The Labute approximate surface area is 208 Å². The van der Waals surface area contributed by atoms with E-state index >= 15 is 0 Å². The predicted octanol–water partition coefficient (Wildman–Crippen LogP) is 4.84. The number of ether oxygens (including phenoxy) is 1. The number of hydrogen-bond acceptors (Lipinski definition) is 7. The normalized spacial score (nSPS) is 14.9. The summed E-state index contributed by atoms with van der Waals surface area (Å²) in [6.45, 7) is 5.78. The number of piperazine rings is 1. The number of rotatable bonds is 7. The van der Waals surface area contributed by atoms with E-state index in [0.29, 0.717) is 17.7 Å². The number of fused-ring (bicyclic) bond motifs is 1. The summed E-state index contributed by atoms with van der Waals surface area (Å²) >= 11 is 1.45. The van der Waals surface area contributed by atoms with Crippen molar-refractivity contribution in [3.8, 4) is 27.7 Å². The lowest BCUT2D eigenvalue weighted by Crippen LogP contribution is -2.45. The van der Waals surface area contributed by atoms with E-state index in [2.05, 4.69) is 16.8 Å². The standard InChI is InChI=1S/C28H28N2O4S/c1-29-12-14-30(15-13-29)16-17-34-23-9-4-19(5-10-23)27(33)26-24-11-8-22(32)18-25(24)35-28(26)20-2-6-21(31)7-3-20/h2-11,18,31-32H,12-17H2,1H3. The first-order valence-electron chi connectivity index (χ1n) is 11.7. The number of carbonyl (C=O) groups is 1. The van der Waals surface area contributed by atoms with Gasteiger partial charge < -0.3 is 19.8 Å². The lowest BCUT2D eigenvalue weighted by molar-refractivity contribution is 0.104. The largest absolute Gasteiger partial charge is 0.508 e. The van der Waals surface area contributed by atoms with E-state index in [-0.39, 0.29) is 17.3 Å². The van der Waals surface area contributed by atoms with Gasteiger partial charge in [-0.3, -0.25) is 9.69 Å². The van der Waals surface area contributed by atoms with Crippen LogP contribution in [0, 0.1) is 0 Å². The predicted molar refractivity (Wildman–Crippen MR) is 140 cm³/mol. The van der Waals surface area contributed by atoms with Gasteiger partial charge in [-0.05, 0) is 79.3 Å². The highest BCUT2D eigenvalue weighted by atomic mass is 32.1. The molecule has 1 saturated heterocycles. The highest BCUT2D eigenvalue weighted by Crippen LogP contribution is 2.41. The zero-order valence-corrected chi connectivity index (χ0v) is 20.4. The fourth-order valence-electron chi connectivity index (χ4n) is 4.34. The van der Waals surface area contributed by atoms with Crippen molar-refractivity contribution in [2.24, 2.45) is 0 Å². The van der Waals surface area contributed by atoms with E-state index in [0.717, 1.165) is 59.0 Å². The van der Waals surface area contributed by atoms with Gasteiger partial charge in [-0.15, -0.1) is 11.3 Å². The molecule has 1 aliphatic heterocycles. The van der Waals surface area contributed by atoms with Crippen LogP contribution in [-0.4, -0.2) is 72.2 Å². The van der Waals surface area contributed by atoms with E-state index in [1.165, 1.54) is 11.3 Å². The molecule has 1 aromatic heterocycles. The Hall–Kier alpha value is -3.39. The minimum atomic E-state index is -0.0889. The second-order valence-corrected chi connectivity index (χ2v) is 9.93. The summed E-state index contributed by atoms with van der Waals surface area (Å²) in [7, 11) is 2.15. The molecule has 1 aliphatic rings. The second kappa shape index (κ2) is 10.1. The quantitative estimate of drug-likeness (QED) is 0.363. The van der Waals surface area contributed by atoms with E-state index in [9.17, 15) is 15.0 Å². The summed E-state index contributed by atoms with van der Waals surface area (Å²) in [5.41, 5.74) is 2.01. The molecule has 7 heteroatoms. The summed E-state index contributed by atoms with van der Waals surface area (Å²) in [6.07, 6.45) is 0. The topological polar surface area (TPSA) is 73.2 Å². The number of phenolic OH excluding ortho intramolecular Hbond substituents is 2. The molecule has 4 aromatic rings. The number of benzene rings is 3. The van der Waals surface area contributed by atoms with Crippen LogP contribution in [-0.2, 0) is 0 Å². The zero-order chi connectivity index (χ0) is 24.4. The van der Waals surface area contributed by atoms with Crippen molar-refractivity contribution in [2.45, 2.75) is 0 Å². The summed E-state index contributed by atoms with van der Waals surface area (Å²) in [4.78, 5) is 19.2. The lowest BCUT2D eigenvalue weighted by atomic mass is 9.97. The van der Waals surface area contributed by atoms with E-state index < -0.39 is 0 Å². The fraction of sp³-hybridized carbons (Fsp3) is 0.250. The van der Waals surface area contributed by atoms with Crippen LogP contribution >= 0.6 is 11.3 Å². The minimum absolute atomic E-state index is 0.0889. The van der Waals surface area contributed by atoms with Gasteiger partial charge in [-0.1, -0.05) is 0 Å². The van der Waals surface area contributed by atoms with Gasteiger partial charge in [0, 0.05) is 58.8 Å². The van der Waals surface area contributed by atoms with Gasteiger partial charge >= 0.3 is 0 Å². The maximum Gasteiger partial charge on any atom is 0.195 e. The molecule has 0 unspecified atom stereocenters. The number of aromatic hydroxyl groups is 2. The molecule has 0 spiro atoms. The van der Waals surface area contributed by atoms with Gasteiger partial charge in [0.15, 0.2) is 5.78 Å². The Morgan fingerprint density at radius 1 is 0.914 bits per heavy atom. The molecule has 180 valence electrons. The van der Waals surface area contributed by atoms with E-state index in [1.807, 2.05) is 12.1 Å². The molecular formula is C28H28N2O4S. The summed E-state index contributed by atoms with van der Waals surface area (Å²) in [5.74, 6) is 0.986. The first kappa shape index (κ1) is 23.4. The summed E-state index contributed by atoms with van der Waals surface area (Å²) in [6, 6.07) is 19.2. The van der Waals surface area contributed by atoms with E-state index in [4.69, 9.17) is 4.74 Å². The first-order valence-corrected chi connectivity index (χ1v) is 12.5. The molecule has 2 N–H and O–H groups in total.